The second-order valence-corrected chi connectivity index (χ2v) is 5.29. The van der Waals surface area contributed by atoms with Crippen LogP contribution in [-0.2, 0) is 0 Å². The van der Waals surface area contributed by atoms with Gasteiger partial charge in [-0.1, -0.05) is 6.07 Å². The summed E-state index contributed by atoms with van der Waals surface area (Å²) in [6.45, 7) is 1.99. The maximum Gasteiger partial charge on any atom is 0.166 e. The number of hydrogen-bond donors (Lipinski definition) is 3. The molecule has 0 aliphatic heterocycles. The summed E-state index contributed by atoms with van der Waals surface area (Å²) >= 11 is 0. The molecule has 0 bridgehead atoms. The Hall–Kier alpha value is -3.28. The van der Waals surface area contributed by atoms with Crippen LogP contribution in [0.2, 0.25) is 0 Å². The lowest BCUT2D eigenvalue weighted by Gasteiger charge is -2.07. The van der Waals surface area contributed by atoms with Gasteiger partial charge in [-0.3, -0.25) is 5.43 Å². The zero-order valence-corrected chi connectivity index (χ0v) is 13.3. The molecule has 0 fully saturated rings. The highest BCUT2D eigenvalue weighted by atomic mass is 16.5. The number of benzene rings is 2. The van der Waals surface area contributed by atoms with E-state index in [1.807, 2.05) is 31.2 Å². The van der Waals surface area contributed by atoms with Crippen molar-refractivity contribution < 1.29 is 14.9 Å². The normalized spacial score (nSPS) is 11.1. The Kier molecular flexibility index (Phi) is 4.20. The van der Waals surface area contributed by atoms with Crippen molar-refractivity contribution in [3.63, 3.8) is 0 Å². The Morgan fingerprint density at radius 1 is 1.17 bits per heavy atom. The van der Waals surface area contributed by atoms with Crippen LogP contribution in [-0.4, -0.2) is 28.5 Å². The number of hydrazone groups is 1. The van der Waals surface area contributed by atoms with E-state index in [1.165, 1.54) is 12.3 Å². The van der Waals surface area contributed by atoms with Gasteiger partial charge in [-0.05, 0) is 42.8 Å². The number of anilines is 1. The van der Waals surface area contributed by atoms with Gasteiger partial charge in [0.05, 0.1) is 18.8 Å². The first kappa shape index (κ1) is 15.6. The van der Waals surface area contributed by atoms with E-state index >= 15 is 0 Å². The number of nitrogens with one attached hydrogen (secondary N) is 1. The van der Waals surface area contributed by atoms with Gasteiger partial charge in [0, 0.05) is 17.0 Å². The number of methoxy groups -OCH3 is 1. The van der Waals surface area contributed by atoms with Crippen molar-refractivity contribution in [1.82, 2.24) is 4.98 Å². The van der Waals surface area contributed by atoms with Gasteiger partial charge in [-0.25, -0.2) is 4.98 Å². The number of nitrogens with zero attached hydrogens (tertiary/aromatic N) is 2. The average Bonchev–Trinajstić information content (AvgIpc) is 2.58. The van der Waals surface area contributed by atoms with Crippen LogP contribution >= 0.6 is 0 Å². The summed E-state index contributed by atoms with van der Waals surface area (Å²) in [4.78, 5) is 4.50. The van der Waals surface area contributed by atoms with Crippen LogP contribution in [0.5, 0.6) is 17.2 Å². The molecule has 122 valence electrons. The van der Waals surface area contributed by atoms with Gasteiger partial charge in [-0.2, -0.15) is 5.10 Å². The van der Waals surface area contributed by atoms with Crippen LogP contribution in [0.1, 0.15) is 11.1 Å². The fourth-order valence-electron chi connectivity index (χ4n) is 2.39. The van der Waals surface area contributed by atoms with Crippen molar-refractivity contribution in [2.75, 3.05) is 12.5 Å². The molecule has 1 heterocycles. The van der Waals surface area contributed by atoms with Crippen LogP contribution < -0.4 is 10.2 Å². The van der Waals surface area contributed by atoms with Crippen LogP contribution in [0.15, 0.2) is 47.6 Å². The summed E-state index contributed by atoms with van der Waals surface area (Å²) in [5.74, 6) is 0.907. The predicted molar refractivity (Wildman–Crippen MR) is 94.0 cm³/mol. The molecule has 0 radical (unpaired) electrons. The lowest BCUT2D eigenvalue weighted by atomic mass is 10.1. The number of aryl methyl sites for hydroxylation is 1. The number of aromatic nitrogens is 1. The second kappa shape index (κ2) is 6.45. The Bertz CT molecular complexity index is 923. The molecule has 1 aromatic heterocycles. The number of fused-ring (bicyclic) bond motifs is 1. The summed E-state index contributed by atoms with van der Waals surface area (Å²) in [6.07, 6.45) is 1.42. The molecule has 0 spiro atoms. The molecule has 24 heavy (non-hydrogen) atoms. The van der Waals surface area contributed by atoms with Crippen LogP contribution in [0.4, 0.5) is 5.82 Å². The highest BCUT2D eigenvalue weighted by Crippen LogP contribution is 2.27. The summed E-state index contributed by atoms with van der Waals surface area (Å²) in [5, 5.41) is 24.3. The number of aromatic hydroxyl groups is 2. The lowest BCUT2D eigenvalue weighted by Crippen LogP contribution is -1.96. The number of phenolic OH excluding ortho intramolecular Hbond substituents is 2. The van der Waals surface area contributed by atoms with E-state index in [9.17, 15) is 10.2 Å². The zero-order valence-electron chi connectivity index (χ0n) is 13.3. The fourth-order valence-corrected chi connectivity index (χ4v) is 2.39. The van der Waals surface area contributed by atoms with E-state index in [2.05, 4.69) is 15.5 Å². The molecule has 0 aliphatic rings. The van der Waals surface area contributed by atoms with Gasteiger partial charge >= 0.3 is 0 Å². The number of para-hydroxylation sites is 1. The van der Waals surface area contributed by atoms with E-state index < -0.39 is 0 Å². The summed E-state index contributed by atoms with van der Waals surface area (Å²) in [6, 6.07) is 12.3. The standard InChI is InChI=1S/C18H17N3O3/c1-11-8-17(20-15-9-13(24-2)6-7-14(11)15)21-19-10-12-4-3-5-16(22)18(12)23/h3-10,22-23H,1-2H3,(H,20,21)/b19-10+. The van der Waals surface area contributed by atoms with Crippen molar-refractivity contribution in [3.05, 3.63) is 53.6 Å². The molecule has 0 amide bonds. The lowest BCUT2D eigenvalue weighted by molar-refractivity contribution is 0.403. The van der Waals surface area contributed by atoms with Gasteiger partial charge in [0.1, 0.15) is 11.6 Å². The zero-order chi connectivity index (χ0) is 17.1. The number of ether oxygens (including phenoxy) is 1. The first-order valence-corrected chi connectivity index (χ1v) is 7.34. The number of rotatable bonds is 4. The van der Waals surface area contributed by atoms with Gasteiger partial charge in [0.15, 0.2) is 11.5 Å². The number of phenols is 2. The molecular formula is C18H17N3O3. The third-order valence-electron chi connectivity index (χ3n) is 3.65. The molecule has 3 N–H and O–H groups in total. The average molecular weight is 323 g/mol. The molecule has 0 saturated carbocycles. The van der Waals surface area contributed by atoms with E-state index in [4.69, 9.17) is 4.74 Å². The summed E-state index contributed by atoms with van der Waals surface area (Å²) < 4.78 is 5.22. The van der Waals surface area contributed by atoms with Gasteiger partial charge in [0.25, 0.3) is 0 Å². The van der Waals surface area contributed by atoms with Crippen LogP contribution in [0.25, 0.3) is 10.9 Å². The molecule has 2 aromatic carbocycles. The van der Waals surface area contributed by atoms with Crippen LogP contribution in [0, 0.1) is 6.92 Å². The third kappa shape index (κ3) is 3.08. The first-order chi connectivity index (χ1) is 11.6. The van der Waals surface area contributed by atoms with Gasteiger partial charge in [-0.15, -0.1) is 0 Å². The van der Waals surface area contributed by atoms with Crippen molar-refractivity contribution in [2.45, 2.75) is 6.92 Å². The highest BCUT2D eigenvalue weighted by Gasteiger charge is 2.05. The monoisotopic (exact) mass is 323 g/mol. The molecule has 0 aliphatic carbocycles. The van der Waals surface area contributed by atoms with Crippen LogP contribution in [0.3, 0.4) is 0 Å². The van der Waals surface area contributed by atoms with Crippen molar-refractivity contribution in [2.24, 2.45) is 5.10 Å². The minimum absolute atomic E-state index is 0.189. The quantitative estimate of drug-likeness (QED) is 0.389. The predicted octanol–water partition coefficient (Wildman–Crippen LogP) is 3.41. The van der Waals surface area contributed by atoms with Crippen molar-refractivity contribution in [1.29, 1.82) is 0 Å². The minimum Gasteiger partial charge on any atom is -0.504 e. The Labute approximate surface area is 139 Å². The maximum atomic E-state index is 9.74. The molecule has 3 aromatic rings. The Morgan fingerprint density at radius 3 is 2.79 bits per heavy atom. The van der Waals surface area contributed by atoms with E-state index in [-0.39, 0.29) is 11.5 Å². The fraction of sp³-hybridized carbons (Fsp3) is 0.111. The van der Waals surface area contributed by atoms with E-state index in [0.29, 0.717) is 11.4 Å². The first-order valence-electron chi connectivity index (χ1n) is 7.34. The molecule has 6 heteroatoms. The minimum atomic E-state index is -0.213. The third-order valence-corrected chi connectivity index (χ3v) is 3.65. The molecule has 6 nitrogen and oxygen atoms in total. The SMILES string of the molecule is COc1ccc2c(C)cc(N/N=C/c3cccc(O)c3O)nc2c1. The Balaban J connectivity index is 1.87. The molecule has 0 unspecified atom stereocenters. The molecular weight excluding hydrogens is 306 g/mol. The maximum absolute atomic E-state index is 9.74. The largest absolute Gasteiger partial charge is 0.504 e. The van der Waals surface area contributed by atoms with Gasteiger partial charge in [0.2, 0.25) is 0 Å². The van der Waals surface area contributed by atoms with Crippen molar-refractivity contribution in [3.8, 4) is 17.2 Å². The summed E-state index contributed by atoms with van der Waals surface area (Å²) in [7, 11) is 1.61. The topological polar surface area (TPSA) is 87.0 Å². The van der Waals surface area contributed by atoms with Crippen molar-refractivity contribution >= 4 is 22.9 Å². The second-order valence-electron chi connectivity index (χ2n) is 5.29. The molecule has 0 saturated heterocycles. The smallest absolute Gasteiger partial charge is 0.166 e. The number of pyridine rings is 1. The highest BCUT2D eigenvalue weighted by molar-refractivity contribution is 5.86. The summed E-state index contributed by atoms with van der Waals surface area (Å²) in [5.41, 5.74) is 5.09. The molecule has 0 atom stereocenters. The van der Waals surface area contributed by atoms with E-state index in [1.54, 1.807) is 19.2 Å². The van der Waals surface area contributed by atoms with Gasteiger partial charge < -0.3 is 14.9 Å². The number of hydrogen-bond acceptors (Lipinski definition) is 6. The van der Waals surface area contributed by atoms with E-state index in [0.717, 1.165) is 22.2 Å². The Morgan fingerprint density at radius 2 is 2.00 bits per heavy atom. The molecule has 3 rings (SSSR count).